The van der Waals surface area contributed by atoms with Crippen molar-refractivity contribution in [2.45, 2.75) is 45.8 Å². The van der Waals surface area contributed by atoms with Gasteiger partial charge in [-0.1, -0.05) is 50.6 Å². The second-order valence-electron chi connectivity index (χ2n) is 7.96. The number of nitrogens with one attached hydrogen (secondary N) is 2. The van der Waals surface area contributed by atoms with E-state index < -0.39 is 12.1 Å². The number of rotatable bonds is 6. The number of alkyl halides is 3. The van der Waals surface area contributed by atoms with Crippen LogP contribution in [-0.2, 0) is 21.5 Å². The number of benzene rings is 2. The number of carbonyl (C=O) groups is 2. The van der Waals surface area contributed by atoms with E-state index in [1.54, 1.807) is 5.32 Å². The Bertz CT molecular complexity index is 901. The average molecular weight is 422 g/mol. The number of halogens is 3. The predicted molar refractivity (Wildman–Crippen MR) is 108 cm³/mol. The Balaban J connectivity index is 1.88. The maximum Gasteiger partial charge on any atom is 0.471 e. The molecule has 30 heavy (non-hydrogen) atoms. The Hall–Kier alpha value is -3.03. The van der Waals surface area contributed by atoms with E-state index in [1.165, 1.54) is 24.3 Å². The highest BCUT2D eigenvalue weighted by molar-refractivity contribution is 5.94. The van der Waals surface area contributed by atoms with Crippen LogP contribution in [0.25, 0.3) is 0 Å². The summed E-state index contributed by atoms with van der Waals surface area (Å²) >= 11 is 0. The van der Waals surface area contributed by atoms with Gasteiger partial charge < -0.3 is 15.4 Å². The van der Waals surface area contributed by atoms with Crippen molar-refractivity contribution in [1.29, 1.82) is 0 Å². The highest BCUT2D eigenvalue weighted by Crippen LogP contribution is 2.32. The van der Waals surface area contributed by atoms with E-state index in [-0.39, 0.29) is 30.2 Å². The minimum Gasteiger partial charge on any atom is -0.483 e. The zero-order valence-corrected chi connectivity index (χ0v) is 17.3. The largest absolute Gasteiger partial charge is 0.483 e. The van der Waals surface area contributed by atoms with Crippen LogP contribution in [-0.4, -0.2) is 24.6 Å². The molecule has 0 bridgehead atoms. The summed E-state index contributed by atoms with van der Waals surface area (Å²) in [6, 6.07) is 11.5. The summed E-state index contributed by atoms with van der Waals surface area (Å²) in [6.45, 7) is 8.20. The van der Waals surface area contributed by atoms with Crippen LogP contribution in [0.5, 0.6) is 5.75 Å². The summed E-state index contributed by atoms with van der Waals surface area (Å²) in [5, 5.41) is 4.45. The molecule has 0 aliphatic heterocycles. The van der Waals surface area contributed by atoms with E-state index in [0.717, 1.165) is 11.1 Å². The van der Waals surface area contributed by atoms with Crippen molar-refractivity contribution in [2.24, 2.45) is 0 Å². The number of amides is 2. The number of hydrogen-bond donors (Lipinski definition) is 2. The number of hydrogen-bond acceptors (Lipinski definition) is 3. The molecule has 0 fully saturated rings. The van der Waals surface area contributed by atoms with Crippen molar-refractivity contribution >= 4 is 17.5 Å². The van der Waals surface area contributed by atoms with E-state index in [0.29, 0.717) is 11.3 Å². The van der Waals surface area contributed by atoms with Gasteiger partial charge in [0.15, 0.2) is 6.61 Å². The highest BCUT2D eigenvalue weighted by atomic mass is 19.4. The minimum absolute atomic E-state index is 0.0183. The highest BCUT2D eigenvalue weighted by Gasteiger charge is 2.38. The number of aryl methyl sites for hydroxylation is 1. The Morgan fingerprint density at radius 2 is 1.63 bits per heavy atom. The normalized spacial score (nSPS) is 11.7. The second-order valence-corrected chi connectivity index (χ2v) is 7.96. The molecule has 162 valence electrons. The van der Waals surface area contributed by atoms with Crippen LogP contribution in [0.15, 0.2) is 42.5 Å². The molecule has 2 amide bonds. The number of ether oxygens (including phenoxy) is 1. The molecule has 5 nitrogen and oxygen atoms in total. The predicted octanol–water partition coefficient (Wildman–Crippen LogP) is 4.49. The molecular weight excluding hydrogens is 397 g/mol. The molecule has 2 N–H and O–H groups in total. The first-order chi connectivity index (χ1) is 13.9. The van der Waals surface area contributed by atoms with E-state index in [4.69, 9.17) is 4.74 Å². The van der Waals surface area contributed by atoms with Gasteiger partial charge in [0.25, 0.3) is 5.91 Å². The van der Waals surface area contributed by atoms with E-state index in [9.17, 15) is 22.8 Å². The lowest BCUT2D eigenvalue weighted by molar-refractivity contribution is -0.167. The first kappa shape index (κ1) is 23.3. The zero-order valence-electron chi connectivity index (χ0n) is 17.3. The van der Waals surface area contributed by atoms with Crippen LogP contribution < -0.4 is 15.4 Å². The Kier molecular flexibility index (Phi) is 7.12. The monoisotopic (exact) mass is 422 g/mol. The third kappa shape index (κ3) is 6.79. The lowest BCUT2D eigenvalue weighted by atomic mass is 9.85. The number of carbonyl (C=O) groups excluding carboxylic acids is 2. The molecule has 0 spiro atoms. The van der Waals surface area contributed by atoms with Crippen LogP contribution in [0.2, 0.25) is 0 Å². The molecule has 0 atom stereocenters. The standard InChI is InChI=1S/C22H25F3N2O3/c1-14-5-10-18(17(11-14)21(2,3)4)30-13-19(28)26-12-15-6-8-16(9-7-15)27-20(29)22(23,24)25/h5-11H,12-13H2,1-4H3,(H,26,28)(H,27,29). The topological polar surface area (TPSA) is 67.4 Å². The van der Waals surface area contributed by atoms with Gasteiger partial charge in [-0.25, -0.2) is 0 Å². The molecule has 0 radical (unpaired) electrons. The lowest BCUT2D eigenvalue weighted by Crippen LogP contribution is -2.30. The quantitative estimate of drug-likeness (QED) is 0.721. The van der Waals surface area contributed by atoms with E-state index in [2.05, 4.69) is 26.1 Å². The molecule has 0 aliphatic carbocycles. The van der Waals surface area contributed by atoms with Gasteiger partial charge in [-0.2, -0.15) is 13.2 Å². The molecule has 2 aromatic rings. The average Bonchev–Trinajstić information content (AvgIpc) is 2.65. The van der Waals surface area contributed by atoms with Gasteiger partial charge >= 0.3 is 12.1 Å². The summed E-state index contributed by atoms with van der Waals surface area (Å²) in [6.07, 6.45) is -4.95. The fourth-order valence-electron chi connectivity index (χ4n) is 2.66. The van der Waals surface area contributed by atoms with Crippen LogP contribution in [0.4, 0.5) is 18.9 Å². The van der Waals surface area contributed by atoms with Crippen LogP contribution in [0.3, 0.4) is 0 Å². The molecule has 0 saturated carbocycles. The van der Waals surface area contributed by atoms with Gasteiger partial charge in [-0.3, -0.25) is 9.59 Å². The van der Waals surface area contributed by atoms with Crippen LogP contribution >= 0.6 is 0 Å². The fourth-order valence-corrected chi connectivity index (χ4v) is 2.66. The molecule has 0 saturated heterocycles. The molecule has 0 unspecified atom stereocenters. The summed E-state index contributed by atoms with van der Waals surface area (Å²) in [4.78, 5) is 23.0. The van der Waals surface area contributed by atoms with Crippen molar-refractivity contribution in [3.8, 4) is 5.75 Å². The maximum absolute atomic E-state index is 12.3. The van der Waals surface area contributed by atoms with Gasteiger partial charge in [0.1, 0.15) is 5.75 Å². The molecular formula is C22H25F3N2O3. The molecule has 2 rings (SSSR count). The van der Waals surface area contributed by atoms with Gasteiger partial charge in [-0.05, 0) is 41.7 Å². The summed E-state index contributed by atoms with van der Waals surface area (Å²) in [7, 11) is 0. The van der Waals surface area contributed by atoms with E-state index in [1.807, 2.05) is 25.1 Å². The van der Waals surface area contributed by atoms with Gasteiger partial charge in [0.05, 0.1) is 0 Å². The van der Waals surface area contributed by atoms with Crippen LogP contribution in [0.1, 0.15) is 37.5 Å². The third-order valence-electron chi connectivity index (χ3n) is 4.26. The van der Waals surface area contributed by atoms with Gasteiger partial charge in [-0.15, -0.1) is 0 Å². The summed E-state index contributed by atoms with van der Waals surface area (Å²) in [5.41, 5.74) is 2.66. The van der Waals surface area contributed by atoms with Crippen molar-refractivity contribution < 1.29 is 27.5 Å². The molecule has 8 heteroatoms. The summed E-state index contributed by atoms with van der Waals surface area (Å²) in [5.74, 6) is -1.72. The Morgan fingerprint density at radius 1 is 1.00 bits per heavy atom. The lowest BCUT2D eigenvalue weighted by Gasteiger charge is -2.23. The van der Waals surface area contributed by atoms with Gasteiger partial charge in [0.2, 0.25) is 0 Å². The fraction of sp³-hybridized carbons (Fsp3) is 0.364. The maximum atomic E-state index is 12.3. The number of anilines is 1. The van der Waals surface area contributed by atoms with Crippen molar-refractivity contribution in [1.82, 2.24) is 5.32 Å². The first-order valence-electron chi connectivity index (χ1n) is 9.34. The zero-order chi connectivity index (χ0) is 22.5. The van der Waals surface area contributed by atoms with Gasteiger partial charge in [0, 0.05) is 12.2 Å². The second kappa shape index (κ2) is 9.19. The molecule has 0 aromatic heterocycles. The third-order valence-corrected chi connectivity index (χ3v) is 4.26. The SMILES string of the molecule is Cc1ccc(OCC(=O)NCc2ccc(NC(=O)C(F)(F)F)cc2)c(C(C)(C)C)c1. The molecule has 0 aliphatic rings. The Labute approximate surface area is 173 Å². The molecule has 2 aromatic carbocycles. The Morgan fingerprint density at radius 3 is 2.20 bits per heavy atom. The van der Waals surface area contributed by atoms with Crippen molar-refractivity contribution in [2.75, 3.05) is 11.9 Å². The molecule has 0 heterocycles. The first-order valence-corrected chi connectivity index (χ1v) is 9.34. The smallest absolute Gasteiger partial charge is 0.471 e. The van der Waals surface area contributed by atoms with Crippen molar-refractivity contribution in [3.05, 3.63) is 59.2 Å². The minimum atomic E-state index is -4.95. The van der Waals surface area contributed by atoms with Crippen molar-refractivity contribution in [3.63, 3.8) is 0 Å². The van der Waals surface area contributed by atoms with E-state index >= 15 is 0 Å². The van der Waals surface area contributed by atoms with Crippen LogP contribution in [0, 0.1) is 6.92 Å². The summed E-state index contributed by atoms with van der Waals surface area (Å²) < 4.78 is 42.5.